The number of ether oxygens (including phenoxy) is 1. The molecule has 0 radical (unpaired) electrons. The van der Waals surface area contributed by atoms with E-state index in [4.69, 9.17) is 4.74 Å². The molecular formula is C22H18N2O5. The molecule has 0 saturated heterocycles. The number of ketones is 2. The van der Waals surface area contributed by atoms with Crippen molar-refractivity contribution in [3.63, 3.8) is 0 Å². The molecule has 0 aliphatic rings. The van der Waals surface area contributed by atoms with Crippen LogP contribution >= 0.6 is 0 Å². The van der Waals surface area contributed by atoms with Crippen LogP contribution in [0.25, 0.3) is 0 Å². The number of H-pyrrole nitrogens is 1. The van der Waals surface area contributed by atoms with Gasteiger partial charge < -0.3 is 15.0 Å². The molecule has 7 nitrogen and oxygen atoms in total. The van der Waals surface area contributed by atoms with Crippen molar-refractivity contribution in [1.29, 1.82) is 0 Å². The van der Waals surface area contributed by atoms with Crippen LogP contribution < -0.4 is 5.32 Å². The number of carbonyl (C=O) groups excluding carboxylic acids is 4. The predicted molar refractivity (Wildman–Crippen MR) is 106 cm³/mol. The molecule has 0 atom stereocenters. The van der Waals surface area contributed by atoms with E-state index in [1.807, 2.05) is 6.07 Å². The van der Waals surface area contributed by atoms with Gasteiger partial charge in [-0.25, -0.2) is 4.79 Å². The number of rotatable bonds is 7. The molecule has 29 heavy (non-hydrogen) atoms. The van der Waals surface area contributed by atoms with Crippen LogP contribution in [-0.4, -0.2) is 35.0 Å². The van der Waals surface area contributed by atoms with Gasteiger partial charge in [-0.2, -0.15) is 0 Å². The number of anilines is 1. The molecule has 0 aliphatic heterocycles. The quantitative estimate of drug-likeness (QED) is 0.476. The molecule has 0 fully saturated rings. The summed E-state index contributed by atoms with van der Waals surface area (Å²) in [6.45, 7) is 0.834. The Bertz CT molecular complexity index is 1070. The molecule has 1 aromatic heterocycles. The Balaban J connectivity index is 1.64. The molecule has 3 aromatic rings. The van der Waals surface area contributed by atoms with Gasteiger partial charge >= 0.3 is 5.97 Å². The summed E-state index contributed by atoms with van der Waals surface area (Å²) in [7, 11) is 0. The van der Waals surface area contributed by atoms with Gasteiger partial charge in [-0.05, 0) is 25.1 Å². The second-order valence-electron chi connectivity index (χ2n) is 6.22. The molecule has 0 spiro atoms. The zero-order valence-corrected chi connectivity index (χ0v) is 15.6. The first-order chi connectivity index (χ1) is 14.0. The smallest absolute Gasteiger partial charge is 0.355 e. The number of Topliss-reactive ketones (excluding diaryl/α,β-unsaturated/α-hetero) is 1. The lowest BCUT2D eigenvalue weighted by atomic mass is 10.0. The van der Waals surface area contributed by atoms with E-state index < -0.39 is 18.5 Å². The van der Waals surface area contributed by atoms with Crippen LogP contribution in [0, 0.1) is 0 Å². The number of hydrogen-bond donors (Lipinski definition) is 2. The Morgan fingerprint density at radius 2 is 1.62 bits per heavy atom. The first kappa shape index (κ1) is 19.8. The molecule has 0 unspecified atom stereocenters. The third kappa shape index (κ3) is 4.84. The summed E-state index contributed by atoms with van der Waals surface area (Å²) in [5.41, 5.74) is 1.56. The van der Waals surface area contributed by atoms with E-state index in [2.05, 4.69) is 10.3 Å². The lowest BCUT2D eigenvalue weighted by Crippen LogP contribution is -2.22. The van der Waals surface area contributed by atoms with Crippen LogP contribution in [0.15, 0.2) is 66.9 Å². The minimum Gasteiger partial charge on any atom is -0.451 e. The lowest BCUT2D eigenvalue weighted by molar-refractivity contribution is -0.119. The molecule has 2 aromatic carbocycles. The first-order valence-corrected chi connectivity index (χ1v) is 8.81. The highest BCUT2D eigenvalue weighted by Crippen LogP contribution is 2.19. The fourth-order valence-electron chi connectivity index (χ4n) is 2.65. The van der Waals surface area contributed by atoms with Gasteiger partial charge in [0.05, 0.1) is 5.69 Å². The summed E-state index contributed by atoms with van der Waals surface area (Å²) in [5, 5.41) is 2.59. The van der Waals surface area contributed by atoms with E-state index in [0.717, 1.165) is 0 Å². The average molecular weight is 390 g/mol. The Labute approximate surface area is 166 Å². The van der Waals surface area contributed by atoms with Gasteiger partial charge in [0, 0.05) is 22.9 Å². The molecule has 3 rings (SSSR count). The average Bonchev–Trinajstić information content (AvgIpc) is 3.23. The molecule has 1 amide bonds. The van der Waals surface area contributed by atoms with Crippen molar-refractivity contribution in [2.45, 2.75) is 6.92 Å². The monoisotopic (exact) mass is 390 g/mol. The molecule has 2 N–H and O–H groups in total. The number of aromatic amines is 1. The number of esters is 1. The number of benzene rings is 2. The van der Waals surface area contributed by atoms with Crippen LogP contribution in [0.2, 0.25) is 0 Å². The van der Waals surface area contributed by atoms with Gasteiger partial charge in [-0.15, -0.1) is 0 Å². The zero-order valence-electron chi connectivity index (χ0n) is 15.6. The summed E-state index contributed by atoms with van der Waals surface area (Å²) in [6.07, 6.45) is 1.39. The van der Waals surface area contributed by atoms with Crippen molar-refractivity contribution < 1.29 is 23.9 Å². The lowest BCUT2D eigenvalue weighted by Gasteiger charge is -2.10. The molecule has 7 heteroatoms. The highest BCUT2D eigenvalue weighted by Gasteiger charge is 2.17. The van der Waals surface area contributed by atoms with Crippen molar-refractivity contribution in [3.05, 3.63) is 89.2 Å². The molecule has 0 bridgehead atoms. The maximum Gasteiger partial charge on any atom is 0.355 e. The number of aromatic nitrogens is 1. The third-order valence-corrected chi connectivity index (χ3v) is 4.13. The number of nitrogens with one attached hydrogen (secondary N) is 2. The molecule has 0 saturated carbocycles. The Hall–Kier alpha value is -4.00. The first-order valence-electron chi connectivity index (χ1n) is 8.81. The summed E-state index contributed by atoms with van der Waals surface area (Å²) >= 11 is 0. The SMILES string of the molecule is CC(=O)c1c[nH]c(C(=O)OCC(=O)Nc2ccccc2C(=O)c2ccccc2)c1. The maximum atomic E-state index is 12.7. The zero-order chi connectivity index (χ0) is 20.8. The second kappa shape index (κ2) is 8.79. The Morgan fingerprint density at radius 3 is 2.31 bits per heavy atom. The van der Waals surface area contributed by atoms with Crippen LogP contribution in [0.3, 0.4) is 0 Å². The Kier molecular flexibility index (Phi) is 5.99. The predicted octanol–water partition coefficient (Wildman–Crippen LogP) is 3.24. The van der Waals surface area contributed by atoms with Gasteiger partial charge in [0.25, 0.3) is 5.91 Å². The number of carbonyl (C=O) groups is 4. The fourth-order valence-corrected chi connectivity index (χ4v) is 2.65. The molecular weight excluding hydrogens is 372 g/mol. The van der Waals surface area contributed by atoms with Crippen LogP contribution in [0.5, 0.6) is 0 Å². The second-order valence-corrected chi connectivity index (χ2v) is 6.22. The topological polar surface area (TPSA) is 105 Å². The number of amides is 1. The summed E-state index contributed by atoms with van der Waals surface area (Å²) in [6, 6.07) is 16.6. The van der Waals surface area contributed by atoms with Gasteiger partial charge in [0.2, 0.25) is 0 Å². The highest BCUT2D eigenvalue weighted by atomic mass is 16.5. The third-order valence-electron chi connectivity index (χ3n) is 4.13. The number of para-hydroxylation sites is 1. The highest BCUT2D eigenvalue weighted by molar-refractivity contribution is 6.14. The summed E-state index contributed by atoms with van der Waals surface area (Å²) in [5.74, 6) is -1.79. The molecule has 0 aliphatic carbocycles. The van der Waals surface area contributed by atoms with E-state index in [9.17, 15) is 19.2 Å². The largest absolute Gasteiger partial charge is 0.451 e. The van der Waals surface area contributed by atoms with Gasteiger partial charge in [-0.3, -0.25) is 14.4 Å². The Morgan fingerprint density at radius 1 is 0.931 bits per heavy atom. The van der Waals surface area contributed by atoms with E-state index in [1.54, 1.807) is 48.5 Å². The summed E-state index contributed by atoms with van der Waals surface area (Å²) in [4.78, 5) is 50.8. The van der Waals surface area contributed by atoms with Gasteiger partial charge in [0.1, 0.15) is 5.69 Å². The number of hydrogen-bond acceptors (Lipinski definition) is 5. The van der Waals surface area contributed by atoms with E-state index >= 15 is 0 Å². The van der Waals surface area contributed by atoms with Gasteiger partial charge in [-0.1, -0.05) is 42.5 Å². The van der Waals surface area contributed by atoms with Crippen molar-refractivity contribution in [1.82, 2.24) is 4.98 Å². The van der Waals surface area contributed by atoms with Crippen molar-refractivity contribution in [2.75, 3.05) is 11.9 Å². The normalized spacial score (nSPS) is 10.2. The van der Waals surface area contributed by atoms with E-state index in [0.29, 0.717) is 22.4 Å². The fraction of sp³-hybridized carbons (Fsp3) is 0.0909. The van der Waals surface area contributed by atoms with Gasteiger partial charge in [0.15, 0.2) is 18.2 Å². The van der Waals surface area contributed by atoms with Crippen molar-refractivity contribution in [2.24, 2.45) is 0 Å². The van der Waals surface area contributed by atoms with E-state index in [-0.39, 0.29) is 17.3 Å². The molecule has 1 heterocycles. The van der Waals surface area contributed by atoms with Crippen LogP contribution in [0.1, 0.15) is 43.7 Å². The van der Waals surface area contributed by atoms with Crippen molar-refractivity contribution >= 4 is 29.1 Å². The van der Waals surface area contributed by atoms with E-state index in [1.165, 1.54) is 19.2 Å². The maximum absolute atomic E-state index is 12.7. The minimum atomic E-state index is -0.763. The van der Waals surface area contributed by atoms with Crippen molar-refractivity contribution in [3.8, 4) is 0 Å². The minimum absolute atomic E-state index is 0.0719. The van der Waals surface area contributed by atoms with Crippen LogP contribution in [-0.2, 0) is 9.53 Å². The summed E-state index contributed by atoms with van der Waals surface area (Å²) < 4.78 is 4.96. The van der Waals surface area contributed by atoms with Crippen LogP contribution in [0.4, 0.5) is 5.69 Å². The molecule has 146 valence electrons. The standard InChI is InChI=1S/C22H18N2O5/c1-14(25)16-11-19(23-12-16)22(28)29-13-20(26)24-18-10-6-5-9-17(18)21(27)15-7-3-2-4-8-15/h2-12,23H,13H2,1H3,(H,24,26).